The highest BCUT2D eigenvalue weighted by atomic mass is 16.5. The molecule has 0 atom stereocenters. The number of ether oxygens (including phenoxy) is 1. The van der Waals surface area contributed by atoms with E-state index in [1.807, 2.05) is 4.90 Å². The van der Waals surface area contributed by atoms with Gasteiger partial charge in [-0.05, 0) is 74.5 Å². The molecule has 4 saturated carbocycles. The summed E-state index contributed by atoms with van der Waals surface area (Å²) in [6, 6.07) is 6.73. The Bertz CT molecular complexity index is 836. The Kier molecular flexibility index (Phi) is 4.83. The van der Waals surface area contributed by atoms with Crippen LogP contribution in [0.3, 0.4) is 0 Å². The van der Waals surface area contributed by atoms with Crippen LogP contribution in [0.1, 0.15) is 55.8 Å². The number of rotatable bonds is 3. The molecular formula is C24H30N2O4. The number of carbonyl (C=O) groups is 3. The minimum absolute atomic E-state index is 0.0779. The van der Waals surface area contributed by atoms with E-state index in [0.29, 0.717) is 43.4 Å². The topological polar surface area (TPSA) is 66.9 Å². The van der Waals surface area contributed by atoms with Gasteiger partial charge in [-0.3, -0.25) is 14.4 Å². The molecule has 0 spiro atoms. The third kappa shape index (κ3) is 3.50. The van der Waals surface area contributed by atoms with E-state index < -0.39 is 5.97 Å². The molecule has 0 unspecified atom stereocenters. The average molecular weight is 411 g/mol. The van der Waals surface area contributed by atoms with E-state index in [-0.39, 0.29) is 11.3 Å². The van der Waals surface area contributed by atoms with Crippen molar-refractivity contribution < 1.29 is 19.1 Å². The molecule has 0 N–H and O–H groups in total. The van der Waals surface area contributed by atoms with Gasteiger partial charge in [0.25, 0.3) is 5.91 Å². The van der Waals surface area contributed by atoms with Crippen molar-refractivity contribution in [1.29, 1.82) is 0 Å². The van der Waals surface area contributed by atoms with Crippen LogP contribution in [0, 0.1) is 23.2 Å². The second-order valence-corrected chi connectivity index (χ2v) is 9.90. The zero-order chi connectivity index (χ0) is 20.9. The maximum absolute atomic E-state index is 13.5. The van der Waals surface area contributed by atoms with E-state index in [1.165, 1.54) is 26.2 Å². The van der Waals surface area contributed by atoms with Crippen LogP contribution in [0.15, 0.2) is 24.3 Å². The largest absolute Gasteiger partial charge is 0.427 e. The van der Waals surface area contributed by atoms with Crippen LogP contribution in [0.4, 0.5) is 0 Å². The molecule has 4 aliphatic carbocycles. The lowest BCUT2D eigenvalue weighted by atomic mass is 9.49. The molecule has 1 aromatic rings. The average Bonchev–Trinajstić information content (AvgIpc) is 2.71. The van der Waals surface area contributed by atoms with E-state index >= 15 is 0 Å². The minimum Gasteiger partial charge on any atom is -0.427 e. The molecule has 1 aliphatic heterocycles. The van der Waals surface area contributed by atoms with Gasteiger partial charge in [0.05, 0.1) is 5.41 Å². The highest BCUT2D eigenvalue weighted by molar-refractivity contribution is 5.95. The van der Waals surface area contributed by atoms with E-state index in [1.54, 1.807) is 29.2 Å². The number of carbonyl (C=O) groups excluding carboxylic acids is 3. The quantitative estimate of drug-likeness (QED) is 0.567. The second-order valence-electron chi connectivity index (χ2n) is 9.90. The summed E-state index contributed by atoms with van der Waals surface area (Å²) in [4.78, 5) is 41.4. The van der Waals surface area contributed by atoms with E-state index in [4.69, 9.17) is 4.74 Å². The van der Waals surface area contributed by atoms with Crippen molar-refractivity contribution in [2.45, 2.75) is 45.4 Å². The molecule has 30 heavy (non-hydrogen) atoms. The molecule has 4 bridgehead atoms. The summed E-state index contributed by atoms with van der Waals surface area (Å²) in [5.41, 5.74) is 0.397. The van der Waals surface area contributed by atoms with Gasteiger partial charge in [-0.2, -0.15) is 0 Å². The van der Waals surface area contributed by atoms with Crippen molar-refractivity contribution in [3.8, 4) is 5.75 Å². The van der Waals surface area contributed by atoms with E-state index in [9.17, 15) is 14.4 Å². The number of piperazine rings is 1. The second kappa shape index (κ2) is 7.40. The smallest absolute Gasteiger partial charge is 0.308 e. The van der Waals surface area contributed by atoms with Crippen LogP contribution in [-0.4, -0.2) is 53.8 Å². The lowest BCUT2D eigenvalue weighted by Gasteiger charge is -2.57. The fraction of sp³-hybridized carbons (Fsp3) is 0.625. The van der Waals surface area contributed by atoms with Gasteiger partial charge in [0, 0.05) is 38.7 Å². The van der Waals surface area contributed by atoms with Gasteiger partial charge in [-0.1, -0.05) is 6.07 Å². The summed E-state index contributed by atoms with van der Waals surface area (Å²) in [7, 11) is 0. The number of esters is 1. The molecule has 160 valence electrons. The van der Waals surface area contributed by atoms with Crippen molar-refractivity contribution in [2.75, 3.05) is 26.2 Å². The van der Waals surface area contributed by atoms with Crippen LogP contribution in [0.25, 0.3) is 0 Å². The van der Waals surface area contributed by atoms with Crippen LogP contribution in [0.2, 0.25) is 0 Å². The van der Waals surface area contributed by atoms with Gasteiger partial charge in [0.15, 0.2) is 0 Å². The first-order valence-corrected chi connectivity index (χ1v) is 11.3. The highest BCUT2D eigenvalue weighted by Crippen LogP contribution is 2.60. The summed E-state index contributed by atoms with van der Waals surface area (Å²) >= 11 is 0. The minimum atomic E-state index is -0.406. The molecule has 5 fully saturated rings. The maximum Gasteiger partial charge on any atom is 0.308 e. The molecule has 0 radical (unpaired) electrons. The van der Waals surface area contributed by atoms with E-state index in [0.717, 1.165) is 37.0 Å². The first-order valence-electron chi connectivity index (χ1n) is 11.3. The summed E-state index contributed by atoms with van der Waals surface area (Å²) in [5, 5.41) is 0. The summed E-state index contributed by atoms with van der Waals surface area (Å²) < 4.78 is 5.10. The Labute approximate surface area is 177 Å². The summed E-state index contributed by atoms with van der Waals surface area (Å²) in [6.07, 6.45) is 7.25. The molecule has 6 nitrogen and oxygen atoms in total. The lowest BCUT2D eigenvalue weighted by Crippen LogP contribution is -2.58. The third-order valence-corrected chi connectivity index (χ3v) is 7.69. The first kappa shape index (κ1) is 19.6. The Morgan fingerprint density at radius 3 is 2.03 bits per heavy atom. The van der Waals surface area contributed by atoms with Crippen LogP contribution >= 0.6 is 0 Å². The fourth-order valence-electron chi connectivity index (χ4n) is 6.86. The molecular weight excluding hydrogens is 380 g/mol. The van der Waals surface area contributed by atoms with Gasteiger partial charge in [-0.25, -0.2) is 0 Å². The first-order chi connectivity index (χ1) is 14.4. The molecule has 6 heteroatoms. The number of benzene rings is 1. The fourth-order valence-corrected chi connectivity index (χ4v) is 6.86. The normalized spacial score (nSPS) is 32.2. The van der Waals surface area contributed by atoms with Crippen molar-refractivity contribution in [2.24, 2.45) is 23.2 Å². The highest BCUT2D eigenvalue weighted by Gasteiger charge is 2.55. The molecule has 1 saturated heterocycles. The molecule has 1 heterocycles. The Balaban J connectivity index is 1.22. The van der Waals surface area contributed by atoms with Gasteiger partial charge in [0.1, 0.15) is 5.75 Å². The van der Waals surface area contributed by atoms with Crippen LogP contribution in [0.5, 0.6) is 5.75 Å². The number of amides is 2. The SMILES string of the molecule is CC(=O)Oc1cccc(C(=O)N2CCN(C(=O)C34CC5CC(CC(C5)C3)C4)CC2)c1. The third-order valence-electron chi connectivity index (χ3n) is 7.69. The van der Waals surface area contributed by atoms with Gasteiger partial charge in [0.2, 0.25) is 5.91 Å². The summed E-state index contributed by atoms with van der Waals surface area (Å²) in [6.45, 7) is 3.66. The Hall–Kier alpha value is -2.37. The van der Waals surface area contributed by atoms with E-state index in [2.05, 4.69) is 0 Å². The molecule has 6 rings (SSSR count). The van der Waals surface area contributed by atoms with Gasteiger partial charge >= 0.3 is 5.97 Å². The molecule has 1 aromatic carbocycles. The standard InChI is InChI=1S/C24H30N2O4/c1-16(27)30-21-4-2-3-20(12-21)22(28)25-5-7-26(8-6-25)23(29)24-13-17-9-18(14-24)11-19(10-17)15-24/h2-4,12,17-19H,5-11,13-15H2,1H3. The predicted octanol–water partition coefficient (Wildman–Crippen LogP) is 3.11. The molecule has 5 aliphatic rings. The van der Waals surface area contributed by atoms with Crippen molar-refractivity contribution in [3.05, 3.63) is 29.8 Å². The Morgan fingerprint density at radius 1 is 0.900 bits per heavy atom. The van der Waals surface area contributed by atoms with Crippen molar-refractivity contribution in [3.63, 3.8) is 0 Å². The van der Waals surface area contributed by atoms with Crippen molar-refractivity contribution in [1.82, 2.24) is 9.80 Å². The number of nitrogens with zero attached hydrogens (tertiary/aromatic N) is 2. The molecule has 0 aromatic heterocycles. The van der Waals surface area contributed by atoms with Gasteiger partial charge in [-0.15, -0.1) is 0 Å². The Morgan fingerprint density at radius 2 is 1.47 bits per heavy atom. The number of hydrogen-bond acceptors (Lipinski definition) is 4. The monoisotopic (exact) mass is 410 g/mol. The zero-order valence-electron chi connectivity index (χ0n) is 17.6. The van der Waals surface area contributed by atoms with Gasteiger partial charge < -0.3 is 14.5 Å². The zero-order valence-corrected chi connectivity index (χ0v) is 17.6. The number of hydrogen-bond donors (Lipinski definition) is 0. The lowest BCUT2D eigenvalue weighted by molar-refractivity contribution is -0.159. The van der Waals surface area contributed by atoms with Crippen LogP contribution in [-0.2, 0) is 9.59 Å². The summed E-state index contributed by atoms with van der Waals surface area (Å²) in [5.74, 6) is 2.52. The predicted molar refractivity (Wildman–Crippen MR) is 111 cm³/mol. The maximum atomic E-state index is 13.5. The molecule has 2 amide bonds. The van der Waals surface area contributed by atoms with Crippen molar-refractivity contribution >= 4 is 17.8 Å². The van der Waals surface area contributed by atoms with Crippen LogP contribution < -0.4 is 4.74 Å².